The van der Waals surface area contributed by atoms with E-state index in [-0.39, 0.29) is 36.3 Å². The van der Waals surface area contributed by atoms with Gasteiger partial charge in [-0.2, -0.15) is 0 Å². The number of aldehydes is 1. The van der Waals surface area contributed by atoms with Gasteiger partial charge in [-0.1, -0.05) is 73.9 Å². The van der Waals surface area contributed by atoms with Crippen molar-refractivity contribution in [3.8, 4) is 0 Å². The van der Waals surface area contributed by atoms with Crippen molar-refractivity contribution in [3.63, 3.8) is 0 Å². The number of aliphatic imine (C=N–C) groups is 1. The number of rotatable bonds is 16. The van der Waals surface area contributed by atoms with Gasteiger partial charge in [0, 0.05) is 18.0 Å². The number of aliphatic carboxylic acids is 1. The minimum atomic E-state index is -1.05. The van der Waals surface area contributed by atoms with Gasteiger partial charge in [-0.25, -0.2) is 9.79 Å². The predicted octanol–water partition coefficient (Wildman–Crippen LogP) is 5.68. The van der Waals surface area contributed by atoms with E-state index >= 15 is 0 Å². The lowest BCUT2D eigenvalue weighted by Gasteiger charge is -2.39. The molecule has 0 aliphatic heterocycles. The van der Waals surface area contributed by atoms with Gasteiger partial charge in [0.25, 0.3) is 0 Å². The number of carbonyl (C=O) groups is 2. The Kier molecular flexibility index (Phi) is 11.4. The van der Waals surface area contributed by atoms with Crippen LogP contribution in [0.4, 0.5) is 5.82 Å². The van der Waals surface area contributed by atoms with Crippen LogP contribution in [-0.4, -0.2) is 46.9 Å². The fraction of sp³-hybridized carbons (Fsp3) is 0.441. The molecule has 1 heterocycles. The highest BCUT2D eigenvalue weighted by Gasteiger charge is 2.32. The number of hydrogen-bond donors (Lipinski definition) is 5. The van der Waals surface area contributed by atoms with Crippen LogP contribution in [0.3, 0.4) is 0 Å². The van der Waals surface area contributed by atoms with Crippen LogP contribution in [0.2, 0.25) is 0 Å². The van der Waals surface area contributed by atoms with Crippen molar-refractivity contribution >= 4 is 34.8 Å². The van der Waals surface area contributed by atoms with Gasteiger partial charge in [0.1, 0.15) is 6.29 Å². The quantitative estimate of drug-likeness (QED) is 0.0626. The molecule has 2 aromatic carbocycles. The summed E-state index contributed by atoms with van der Waals surface area (Å²) in [6, 6.07) is 16.5. The molecule has 5 atom stereocenters. The fourth-order valence-corrected chi connectivity index (χ4v) is 6.36. The molecule has 0 amide bonds. The summed E-state index contributed by atoms with van der Waals surface area (Å²) >= 11 is 0. The number of fused-ring (bicyclic) bond motifs is 2. The normalized spacial score (nSPS) is 18.8. The molecule has 0 radical (unpaired) electrons. The van der Waals surface area contributed by atoms with E-state index in [0.29, 0.717) is 17.8 Å². The molecule has 43 heavy (non-hydrogen) atoms. The molecule has 0 spiro atoms. The molecule has 1 aliphatic carbocycles. The molecule has 9 nitrogen and oxygen atoms in total. The summed E-state index contributed by atoms with van der Waals surface area (Å²) in [5, 5.41) is 17.1. The standard InChI is InChI=1S/C34H45N6O3/c1-22(21-41)11-14-28(35)8-4-9-29-26(13-12-25-16-23-6-2-3-7-24(23)17-30(25)29)18-31(40-32-10-5-15-38-32)27(19-33(42)43)20-39-34(36)37/h2-3,5-7,10,15-17,19,21-22,26,28-29,31,38H,4,8-9,11-14,18,20,35H2,1H3,(H,42,43)(H4,36,37,39)/q-1. The molecule has 230 valence electrons. The van der Waals surface area contributed by atoms with Gasteiger partial charge in [0.2, 0.25) is 0 Å². The molecule has 0 fully saturated rings. The first-order valence-corrected chi connectivity index (χ1v) is 15.3. The van der Waals surface area contributed by atoms with Gasteiger partial charge in [0.15, 0.2) is 5.96 Å². The maximum atomic E-state index is 11.9. The van der Waals surface area contributed by atoms with Crippen LogP contribution < -0.4 is 17.2 Å². The molecule has 9 heteroatoms. The fourth-order valence-electron chi connectivity index (χ4n) is 6.36. The number of guanidine groups is 1. The number of aryl methyl sites for hydroxylation is 1. The highest BCUT2D eigenvalue weighted by Crippen LogP contribution is 2.45. The molecule has 1 aliphatic rings. The van der Waals surface area contributed by atoms with Crippen LogP contribution >= 0.6 is 0 Å². The lowest BCUT2D eigenvalue weighted by atomic mass is 9.69. The number of nitrogens with one attached hydrogen (secondary N) is 1. The number of hydrogen-bond acceptors (Lipinski definition) is 4. The lowest BCUT2D eigenvalue weighted by molar-refractivity contribution is -0.131. The Balaban J connectivity index is 1.62. The van der Waals surface area contributed by atoms with Crippen molar-refractivity contribution in [2.75, 3.05) is 6.54 Å². The van der Waals surface area contributed by atoms with E-state index in [1.807, 2.05) is 19.1 Å². The second-order valence-electron chi connectivity index (χ2n) is 11.9. The molecule has 3 aromatic rings. The number of nitrogens with two attached hydrogens (primary N) is 3. The number of nitrogens with zero attached hydrogens (tertiary/aromatic N) is 2. The van der Waals surface area contributed by atoms with Gasteiger partial charge >= 0.3 is 5.97 Å². The molecular formula is C34H45N6O3-. The Hall–Kier alpha value is -4.11. The average Bonchev–Trinajstić information content (AvgIpc) is 3.50. The molecule has 4 rings (SSSR count). The summed E-state index contributed by atoms with van der Waals surface area (Å²) in [6.07, 6.45) is 11.0. The molecule has 5 unspecified atom stereocenters. The second-order valence-corrected chi connectivity index (χ2v) is 11.9. The highest BCUT2D eigenvalue weighted by atomic mass is 16.4. The van der Waals surface area contributed by atoms with Crippen LogP contribution in [-0.2, 0) is 16.0 Å². The van der Waals surface area contributed by atoms with Gasteiger partial charge in [-0.05, 0) is 90.3 Å². The minimum absolute atomic E-state index is 0.0290. The molecule has 0 saturated heterocycles. The Morgan fingerprint density at radius 2 is 1.91 bits per heavy atom. The topological polar surface area (TPSA) is 175 Å². The van der Waals surface area contributed by atoms with Crippen molar-refractivity contribution in [2.24, 2.45) is 34.0 Å². The first-order valence-electron chi connectivity index (χ1n) is 15.3. The Bertz CT molecular complexity index is 1410. The largest absolute Gasteiger partial charge is 0.478 e. The monoisotopic (exact) mass is 585 g/mol. The van der Waals surface area contributed by atoms with E-state index in [1.165, 1.54) is 28.0 Å². The Morgan fingerprint density at radius 1 is 1.14 bits per heavy atom. The molecule has 0 bridgehead atoms. The van der Waals surface area contributed by atoms with Gasteiger partial charge < -0.3 is 37.4 Å². The first kappa shape index (κ1) is 31.8. The van der Waals surface area contributed by atoms with Crippen LogP contribution in [0, 0.1) is 11.8 Å². The van der Waals surface area contributed by atoms with Crippen molar-refractivity contribution in [2.45, 2.75) is 76.3 Å². The first-order chi connectivity index (χ1) is 20.7. The number of carboxylic acids is 1. The van der Waals surface area contributed by atoms with E-state index in [0.717, 1.165) is 51.2 Å². The SMILES string of the molecule is CC(C=O)CCC(N)CCCC1c2cc3ccccc3cc2CCC1CC([N-]c1ccc[nH]1)C(=CC(=O)O)CN=C(N)N. The highest BCUT2D eigenvalue weighted by molar-refractivity contribution is 5.84. The maximum absolute atomic E-state index is 11.9. The predicted molar refractivity (Wildman–Crippen MR) is 173 cm³/mol. The smallest absolute Gasteiger partial charge is 0.328 e. The number of aromatic amines is 1. The second kappa shape index (κ2) is 15.4. The number of benzene rings is 2. The summed E-state index contributed by atoms with van der Waals surface area (Å²) in [7, 11) is 0. The van der Waals surface area contributed by atoms with Crippen molar-refractivity contribution in [1.29, 1.82) is 0 Å². The summed E-state index contributed by atoms with van der Waals surface area (Å²) in [4.78, 5) is 30.2. The van der Waals surface area contributed by atoms with Crippen LogP contribution in [0.15, 0.2) is 71.4 Å². The summed E-state index contributed by atoms with van der Waals surface area (Å²) < 4.78 is 0. The summed E-state index contributed by atoms with van der Waals surface area (Å²) in [5.74, 6) is 0.0964. The number of carboxylic acid groups (broad SMARTS) is 1. The van der Waals surface area contributed by atoms with E-state index in [9.17, 15) is 14.7 Å². The van der Waals surface area contributed by atoms with E-state index in [1.54, 1.807) is 6.20 Å². The zero-order valence-electron chi connectivity index (χ0n) is 25.0. The Morgan fingerprint density at radius 3 is 2.58 bits per heavy atom. The molecule has 1 aromatic heterocycles. The zero-order chi connectivity index (χ0) is 30.8. The average molecular weight is 586 g/mol. The summed E-state index contributed by atoms with van der Waals surface area (Å²) in [6.45, 7) is 2.00. The van der Waals surface area contributed by atoms with E-state index in [4.69, 9.17) is 22.5 Å². The van der Waals surface area contributed by atoms with Crippen molar-refractivity contribution in [3.05, 3.63) is 82.8 Å². The third kappa shape index (κ3) is 9.19. The van der Waals surface area contributed by atoms with Crippen molar-refractivity contribution in [1.82, 2.24) is 4.98 Å². The number of carbonyl (C=O) groups excluding carboxylic acids is 1. The van der Waals surface area contributed by atoms with Gasteiger partial charge in [-0.15, -0.1) is 0 Å². The van der Waals surface area contributed by atoms with Crippen LogP contribution in [0.5, 0.6) is 0 Å². The third-order valence-electron chi connectivity index (χ3n) is 8.66. The molecule has 8 N–H and O–H groups in total. The van der Waals surface area contributed by atoms with Gasteiger partial charge in [0.05, 0.1) is 6.54 Å². The number of aromatic nitrogens is 1. The molecular weight excluding hydrogens is 540 g/mol. The van der Waals surface area contributed by atoms with E-state index < -0.39 is 12.0 Å². The maximum Gasteiger partial charge on any atom is 0.328 e. The minimum Gasteiger partial charge on any atom is -0.478 e. The third-order valence-corrected chi connectivity index (χ3v) is 8.66. The number of H-pyrrole nitrogens is 1. The van der Waals surface area contributed by atoms with Gasteiger partial charge in [-0.3, -0.25) is 0 Å². The van der Waals surface area contributed by atoms with E-state index in [2.05, 4.69) is 46.4 Å². The summed E-state index contributed by atoms with van der Waals surface area (Å²) in [5.41, 5.74) is 21.0. The van der Waals surface area contributed by atoms with Crippen molar-refractivity contribution < 1.29 is 14.7 Å². The molecule has 0 saturated carbocycles. The van der Waals surface area contributed by atoms with Crippen LogP contribution in [0.25, 0.3) is 16.1 Å². The lowest BCUT2D eigenvalue weighted by Crippen LogP contribution is -2.28. The zero-order valence-corrected chi connectivity index (χ0v) is 25.0. The Labute approximate surface area is 254 Å². The van der Waals surface area contributed by atoms with Crippen LogP contribution in [0.1, 0.15) is 68.9 Å².